The van der Waals surface area contributed by atoms with Gasteiger partial charge < -0.3 is 15.0 Å². The maximum atomic E-state index is 12.9. The molecule has 0 saturated carbocycles. The molecule has 4 rings (SSSR count). The molecule has 4 aromatic rings. The second-order valence-electron chi connectivity index (χ2n) is 6.89. The molecule has 0 aliphatic carbocycles. The van der Waals surface area contributed by atoms with Crippen LogP contribution in [0.5, 0.6) is 5.75 Å². The topological polar surface area (TPSA) is 97.7 Å². The average Bonchev–Trinajstić information content (AvgIpc) is 3.39. The van der Waals surface area contributed by atoms with Crippen molar-refractivity contribution in [2.75, 3.05) is 13.7 Å². The van der Waals surface area contributed by atoms with Gasteiger partial charge in [-0.3, -0.25) is 4.79 Å². The molecule has 0 aliphatic rings. The van der Waals surface area contributed by atoms with Crippen molar-refractivity contribution in [3.05, 3.63) is 65.1 Å². The van der Waals surface area contributed by atoms with E-state index in [2.05, 4.69) is 25.8 Å². The summed E-state index contributed by atoms with van der Waals surface area (Å²) in [6.07, 6.45) is 4.17. The fourth-order valence-electron chi connectivity index (χ4n) is 3.44. The Morgan fingerprint density at radius 2 is 2.10 bits per heavy atom. The number of aromatic nitrogens is 5. The largest absolute Gasteiger partial charge is 0.497 e. The lowest BCUT2D eigenvalue weighted by Crippen LogP contribution is -2.27. The molecular weight excluding hydrogens is 368 g/mol. The number of amides is 1. The minimum absolute atomic E-state index is 0.156. The fraction of sp³-hybridized carbons (Fsp3) is 0.238. The summed E-state index contributed by atoms with van der Waals surface area (Å²) < 4.78 is 6.85. The van der Waals surface area contributed by atoms with Crippen molar-refractivity contribution in [3.63, 3.8) is 0 Å². The van der Waals surface area contributed by atoms with E-state index in [1.807, 2.05) is 50.4 Å². The molecule has 1 amide bonds. The number of nitrogens with zero attached hydrogens (tertiary/aromatic N) is 4. The van der Waals surface area contributed by atoms with E-state index in [0.717, 1.165) is 33.3 Å². The van der Waals surface area contributed by atoms with E-state index in [9.17, 15) is 4.79 Å². The number of nitrogens with one attached hydrogen (secondary N) is 2. The Kier molecular flexibility index (Phi) is 4.99. The second kappa shape index (κ2) is 7.75. The third kappa shape index (κ3) is 3.56. The van der Waals surface area contributed by atoms with Gasteiger partial charge in [0.25, 0.3) is 5.91 Å². The normalized spacial score (nSPS) is 11.0. The van der Waals surface area contributed by atoms with Gasteiger partial charge in [0.2, 0.25) is 0 Å². The van der Waals surface area contributed by atoms with Gasteiger partial charge in [-0.25, -0.2) is 0 Å². The minimum Gasteiger partial charge on any atom is -0.497 e. The van der Waals surface area contributed by atoms with Crippen LogP contribution in [-0.4, -0.2) is 44.8 Å². The predicted molar refractivity (Wildman–Crippen MR) is 110 cm³/mol. The smallest absolute Gasteiger partial charge is 0.253 e. The lowest BCUT2D eigenvalue weighted by atomic mass is 10.0. The minimum atomic E-state index is -0.156. The van der Waals surface area contributed by atoms with Crippen molar-refractivity contribution in [3.8, 4) is 11.4 Å². The molecule has 0 spiro atoms. The third-order valence-corrected chi connectivity index (χ3v) is 5.18. The third-order valence-electron chi connectivity index (χ3n) is 5.18. The molecule has 2 heterocycles. The highest BCUT2D eigenvalue weighted by molar-refractivity contribution is 5.98. The Balaban J connectivity index is 1.52. The molecule has 0 radical (unpaired) electrons. The average molecular weight is 390 g/mol. The van der Waals surface area contributed by atoms with Crippen molar-refractivity contribution in [2.45, 2.75) is 20.3 Å². The molecule has 8 heteroatoms. The molecule has 0 bridgehead atoms. The van der Waals surface area contributed by atoms with Gasteiger partial charge in [-0.05, 0) is 71.7 Å². The Morgan fingerprint density at radius 1 is 1.24 bits per heavy atom. The number of H-pyrrole nitrogens is 1. The number of ether oxygens (including phenoxy) is 1. The summed E-state index contributed by atoms with van der Waals surface area (Å²) in [4.78, 5) is 16.2. The Morgan fingerprint density at radius 3 is 2.86 bits per heavy atom. The van der Waals surface area contributed by atoms with Crippen molar-refractivity contribution >= 4 is 16.8 Å². The lowest BCUT2D eigenvalue weighted by Gasteiger charge is -2.14. The standard InChI is InChI=1S/C21H22N6O2/c1-13-4-6-17(20(14(13)2)27-12-24-25-26-27)21(28)22-9-8-15-11-23-19-7-5-16(29-3)10-18(15)19/h4-7,10-12,23H,8-9H2,1-3H3,(H,22,28). The Bertz CT molecular complexity index is 1160. The zero-order chi connectivity index (χ0) is 20.4. The van der Waals surface area contributed by atoms with Crippen molar-refractivity contribution in [2.24, 2.45) is 0 Å². The van der Waals surface area contributed by atoms with E-state index in [-0.39, 0.29) is 5.91 Å². The number of hydrogen-bond acceptors (Lipinski definition) is 5. The summed E-state index contributed by atoms with van der Waals surface area (Å²) in [6, 6.07) is 9.66. The first-order valence-electron chi connectivity index (χ1n) is 9.34. The molecule has 0 unspecified atom stereocenters. The maximum Gasteiger partial charge on any atom is 0.253 e. The summed E-state index contributed by atoms with van der Waals surface area (Å²) in [5.41, 5.74) is 5.45. The van der Waals surface area contributed by atoms with Gasteiger partial charge in [0.15, 0.2) is 0 Å². The predicted octanol–water partition coefficient (Wildman–Crippen LogP) is 2.74. The van der Waals surface area contributed by atoms with Crippen LogP contribution in [0.4, 0.5) is 0 Å². The van der Waals surface area contributed by atoms with Crippen LogP contribution in [-0.2, 0) is 6.42 Å². The summed E-state index contributed by atoms with van der Waals surface area (Å²) in [5.74, 6) is 0.652. The molecule has 148 valence electrons. The van der Waals surface area contributed by atoms with Gasteiger partial charge in [-0.15, -0.1) is 5.10 Å². The monoisotopic (exact) mass is 390 g/mol. The molecular formula is C21H22N6O2. The van der Waals surface area contributed by atoms with Crippen molar-refractivity contribution in [1.29, 1.82) is 0 Å². The van der Waals surface area contributed by atoms with Gasteiger partial charge >= 0.3 is 0 Å². The number of rotatable bonds is 6. The highest BCUT2D eigenvalue weighted by Gasteiger charge is 2.17. The summed E-state index contributed by atoms with van der Waals surface area (Å²) in [5, 5.41) is 15.5. The zero-order valence-electron chi connectivity index (χ0n) is 16.6. The van der Waals surface area contributed by atoms with Crippen LogP contribution in [0.15, 0.2) is 42.9 Å². The van der Waals surface area contributed by atoms with Gasteiger partial charge in [-0.2, -0.15) is 4.68 Å². The number of carbonyl (C=O) groups is 1. The molecule has 0 saturated heterocycles. The number of carbonyl (C=O) groups excluding carboxylic acids is 1. The van der Waals surface area contributed by atoms with E-state index in [1.165, 1.54) is 11.0 Å². The van der Waals surface area contributed by atoms with Gasteiger partial charge in [-0.1, -0.05) is 6.07 Å². The summed E-state index contributed by atoms with van der Waals surface area (Å²) >= 11 is 0. The van der Waals surface area contributed by atoms with Crippen LogP contribution in [0.2, 0.25) is 0 Å². The van der Waals surface area contributed by atoms with Crippen LogP contribution < -0.4 is 10.1 Å². The SMILES string of the molecule is COc1ccc2[nH]cc(CCNC(=O)c3ccc(C)c(C)c3-n3cnnn3)c2c1. The molecule has 0 aliphatic heterocycles. The van der Waals surface area contributed by atoms with Crippen LogP contribution in [0, 0.1) is 13.8 Å². The number of tetrazole rings is 1. The fourth-order valence-corrected chi connectivity index (χ4v) is 3.44. The molecule has 29 heavy (non-hydrogen) atoms. The van der Waals surface area contributed by atoms with Crippen molar-refractivity contribution in [1.82, 2.24) is 30.5 Å². The molecule has 2 N–H and O–H groups in total. The molecule has 0 atom stereocenters. The van der Waals surface area contributed by atoms with Gasteiger partial charge in [0.1, 0.15) is 12.1 Å². The highest BCUT2D eigenvalue weighted by atomic mass is 16.5. The van der Waals surface area contributed by atoms with Gasteiger partial charge in [0, 0.05) is 23.6 Å². The van der Waals surface area contributed by atoms with E-state index < -0.39 is 0 Å². The maximum absolute atomic E-state index is 12.9. The van der Waals surface area contributed by atoms with Crippen molar-refractivity contribution < 1.29 is 9.53 Å². The van der Waals surface area contributed by atoms with Crippen LogP contribution in [0.3, 0.4) is 0 Å². The first-order chi connectivity index (χ1) is 14.1. The Hall–Kier alpha value is -3.68. The van der Waals surface area contributed by atoms with E-state index in [4.69, 9.17) is 4.74 Å². The molecule has 8 nitrogen and oxygen atoms in total. The number of aromatic amines is 1. The number of methoxy groups -OCH3 is 1. The van der Waals surface area contributed by atoms with Crippen LogP contribution >= 0.6 is 0 Å². The number of aryl methyl sites for hydroxylation is 1. The van der Waals surface area contributed by atoms with E-state index in [0.29, 0.717) is 24.2 Å². The first kappa shape index (κ1) is 18.7. The number of fused-ring (bicyclic) bond motifs is 1. The lowest BCUT2D eigenvalue weighted by molar-refractivity contribution is 0.0954. The number of benzene rings is 2. The summed E-state index contributed by atoms with van der Waals surface area (Å²) in [6.45, 7) is 4.46. The van der Waals surface area contributed by atoms with Crippen LogP contribution in [0.1, 0.15) is 27.0 Å². The van der Waals surface area contributed by atoms with E-state index in [1.54, 1.807) is 7.11 Å². The molecule has 2 aromatic heterocycles. The highest BCUT2D eigenvalue weighted by Crippen LogP contribution is 2.24. The second-order valence-corrected chi connectivity index (χ2v) is 6.89. The zero-order valence-corrected chi connectivity index (χ0v) is 16.6. The number of hydrogen-bond donors (Lipinski definition) is 2. The molecule has 2 aromatic carbocycles. The Labute approximate surface area is 167 Å². The quantitative estimate of drug-likeness (QED) is 0.528. The first-order valence-corrected chi connectivity index (χ1v) is 9.34. The summed E-state index contributed by atoms with van der Waals surface area (Å²) in [7, 11) is 1.65. The molecule has 0 fully saturated rings. The van der Waals surface area contributed by atoms with E-state index >= 15 is 0 Å². The van der Waals surface area contributed by atoms with Crippen LogP contribution in [0.25, 0.3) is 16.6 Å². The van der Waals surface area contributed by atoms with Gasteiger partial charge in [0.05, 0.1) is 18.4 Å².